The van der Waals surface area contributed by atoms with E-state index in [1.54, 1.807) is 0 Å². The molecular weight excluding hydrogens is 258 g/mol. The molecule has 2 atom stereocenters. The summed E-state index contributed by atoms with van der Waals surface area (Å²) < 4.78 is 1.80. The predicted octanol–water partition coefficient (Wildman–Crippen LogP) is -0.253. The van der Waals surface area contributed by atoms with Gasteiger partial charge in [0.05, 0.1) is 0 Å². The molecule has 0 saturated heterocycles. The molecule has 0 radical (unpaired) electrons. The number of rotatable bonds is 4. The molecule has 10 heavy (non-hydrogen) atoms. The van der Waals surface area contributed by atoms with E-state index in [2.05, 4.69) is 27.7 Å². The summed E-state index contributed by atoms with van der Waals surface area (Å²) in [5.74, 6) is 1.55. The maximum atomic E-state index is 5.75. The molecule has 0 amide bonds. The molecule has 0 aromatic carbocycles. The van der Waals surface area contributed by atoms with E-state index in [0.29, 0.717) is 21.2 Å². The van der Waals surface area contributed by atoms with Crippen LogP contribution in [0.5, 0.6) is 0 Å². The normalized spacial score (nSPS) is 17.8. The second kappa shape index (κ2) is 5.64. The van der Waals surface area contributed by atoms with Crippen molar-refractivity contribution in [3.8, 4) is 0 Å². The third-order valence-corrected chi connectivity index (χ3v) is 5.77. The van der Waals surface area contributed by atoms with Crippen LogP contribution in [-0.4, -0.2) is 13.7 Å². The van der Waals surface area contributed by atoms with E-state index in [9.17, 15) is 0 Å². The first kappa shape index (κ1) is 11.0. The molecule has 64 valence electrons. The summed E-state index contributed by atoms with van der Waals surface area (Å²) >= 11 is 6.12. The fraction of sp³-hybridized carbons (Fsp3) is 1.00. The van der Waals surface area contributed by atoms with E-state index in [-0.39, 0.29) is 0 Å². The molecule has 0 N–H and O–H groups in total. The number of alkyl halides is 3. The van der Waals surface area contributed by atoms with Gasteiger partial charge in [-0.2, -0.15) is 0 Å². The second-order valence-electron chi connectivity index (χ2n) is 2.95. The molecule has 0 aliphatic rings. The standard InChI is InChI=1S/C8H17ClI/c1-6(2)10-8(4)7(3)5-9/h6-8H,5H2,1-4H3/q-1/t7-,8+/m1/s1. The quantitative estimate of drug-likeness (QED) is 0.490. The van der Waals surface area contributed by atoms with Gasteiger partial charge in [-0.1, -0.05) is 0 Å². The van der Waals surface area contributed by atoms with Crippen LogP contribution in [0, 0.1) is 5.92 Å². The van der Waals surface area contributed by atoms with E-state index in [1.165, 1.54) is 0 Å². The summed E-state index contributed by atoms with van der Waals surface area (Å²) in [5.41, 5.74) is 0. The first-order chi connectivity index (χ1) is 4.57. The topological polar surface area (TPSA) is 0 Å². The second-order valence-corrected chi connectivity index (χ2v) is 8.43. The molecule has 0 rings (SSSR count). The molecular formula is C8H17ClI-. The van der Waals surface area contributed by atoms with Gasteiger partial charge in [0.15, 0.2) is 0 Å². The van der Waals surface area contributed by atoms with Gasteiger partial charge in [0.25, 0.3) is 0 Å². The molecule has 0 nitrogen and oxygen atoms in total. The van der Waals surface area contributed by atoms with Crippen LogP contribution < -0.4 is 21.2 Å². The molecule has 0 saturated carbocycles. The molecule has 0 aromatic rings. The van der Waals surface area contributed by atoms with Gasteiger partial charge in [0.1, 0.15) is 0 Å². The average molecular weight is 276 g/mol. The Hall–Kier alpha value is 1.02. The zero-order valence-electron chi connectivity index (χ0n) is 7.20. The van der Waals surface area contributed by atoms with Gasteiger partial charge >= 0.3 is 80.1 Å². The first-order valence-electron chi connectivity index (χ1n) is 3.75. The van der Waals surface area contributed by atoms with Crippen molar-refractivity contribution >= 4 is 11.6 Å². The summed E-state index contributed by atoms with van der Waals surface area (Å²) in [6.45, 7) is 9.20. The molecule has 0 unspecified atom stereocenters. The van der Waals surface area contributed by atoms with Crippen molar-refractivity contribution in [1.82, 2.24) is 0 Å². The van der Waals surface area contributed by atoms with Crippen LogP contribution >= 0.6 is 11.6 Å². The third kappa shape index (κ3) is 4.78. The van der Waals surface area contributed by atoms with Crippen LogP contribution in [0.1, 0.15) is 27.7 Å². The molecule has 0 aliphatic carbocycles. The van der Waals surface area contributed by atoms with Crippen molar-refractivity contribution in [2.24, 2.45) is 5.92 Å². The zero-order chi connectivity index (χ0) is 8.15. The van der Waals surface area contributed by atoms with Crippen LogP contribution in [0.2, 0.25) is 0 Å². The van der Waals surface area contributed by atoms with Crippen molar-refractivity contribution < 1.29 is 21.2 Å². The SMILES string of the molecule is CC(C)[I-][C@@H](C)[C@H](C)CCl. The summed E-state index contributed by atoms with van der Waals surface area (Å²) in [6.07, 6.45) is 0. The Balaban J connectivity index is 3.50. The minimum atomic E-state index is 0.371. The van der Waals surface area contributed by atoms with Gasteiger partial charge in [-0.25, -0.2) is 0 Å². The molecule has 0 heterocycles. The van der Waals surface area contributed by atoms with Crippen LogP contribution in [0.3, 0.4) is 0 Å². The summed E-state index contributed by atoms with van der Waals surface area (Å²) in [4.78, 5) is 0. The number of hydrogen-bond donors (Lipinski definition) is 0. The number of hydrogen-bond acceptors (Lipinski definition) is 0. The van der Waals surface area contributed by atoms with Crippen molar-refractivity contribution in [2.75, 3.05) is 5.88 Å². The van der Waals surface area contributed by atoms with Crippen LogP contribution in [0.15, 0.2) is 0 Å². The summed E-state index contributed by atoms with van der Waals surface area (Å²) in [7, 11) is 0. The molecule has 0 bridgehead atoms. The van der Waals surface area contributed by atoms with Crippen LogP contribution in [0.25, 0.3) is 0 Å². The Morgan fingerprint density at radius 1 is 1.20 bits per heavy atom. The van der Waals surface area contributed by atoms with Crippen molar-refractivity contribution in [3.05, 3.63) is 0 Å². The third-order valence-electron chi connectivity index (χ3n) is 1.48. The van der Waals surface area contributed by atoms with Gasteiger partial charge in [-0.15, -0.1) is 0 Å². The summed E-state index contributed by atoms with van der Waals surface area (Å²) in [6, 6.07) is 0. The van der Waals surface area contributed by atoms with E-state index in [0.717, 1.165) is 19.6 Å². The van der Waals surface area contributed by atoms with Gasteiger partial charge < -0.3 is 0 Å². The van der Waals surface area contributed by atoms with E-state index in [1.807, 2.05) is 0 Å². The Bertz CT molecular complexity index is 83.3. The van der Waals surface area contributed by atoms with Gasteiger partial charge in [-0.05, 0) is 0 Å². The Morgan fingerprint density at radius 2 is 1.70 bits per heavy atom. The maximum absolute atomic E-state index is 5.75. The average Bonchev–Trinajstić information content (AvgIpc) is 1.85. The molecule has 0 aromatic heterocycles. The minimum absolute atomic E-state index is 0.371. The Morgan fingerprint density at radius 3 is 2.00 bits per heavy atom. The Labute approximate surface area is 80.0 Å². The Kier molecular flexibility index (Phi) is 6.22. The van der Waals surface area contributed by atoms with E-state index < -0.39 is 0 Å². The molecule has 0 spiro atoms. The monoisotopic (exact) mass is 275 g/mol. The molecule has 0 aliphatic heterocycles. The number of halogens is 2. The van der Waals surface area contributed by atoms with Crippen molar-refractivity contribution in [3.63, 3.8) is 0 Å². The van der Waals surface area contributed by atoms with E-state index in [4.69, 9.17) is 11.6 Å². The zero-order valence-corrected chi connectivity index (χ0v) is 10.1. The summed E-state index contributed by atoms with van der Waals surface area (Å²) in [5, 5.41) is 0. The van der Waals surface area contributed by atoms with Crippen LogP contribution in [-0.2, 0) is 0 Å². The fourth-order valence-corrected chi connectivity index (χ4v) is 4.44. The fourth-order valence-electron chi connectivity index (χ4n) is 0.644. The van der Waals surface area contributed by atoms with E-state index >= 15 is 0 Å². The van der Waals surface area contributed by atoms with Crippen LogP contribution in [0.4, 0.5) is 0 Å². The van der Waals surface area contributed by atoms with Crippen molar-refractivity contribution in [2.45, 2.75) is 35.5 Å². The molecule has 0 fully saturated rings. The van der Waals surface area contributed by atoms with Crippen molar-refractivity contribution in [1.29, 1.82) is 0 Å². The van der Waals surface area contributed by atoms with Gasteiger partial charge in [0, 0.05) is 0 Å². The predicted molar refractivity (Wildman–Crippen MR) is 44.5 cm³/mol. The first-order valence-corrected chi connectivity index (χ1v) is 6.78. The van der Waals surface area contributed by atoms with Gasteiger partial charge in [0.2, 0.25) is 0 Å². The molecule has 2 heteroatoms. The van der Waals surface area contributed by atoms with Gasteiger partial charge in [-0.3, -0.25) is 0 Å².